The molecule has 16 heavy (non-hydrogen) atoms. The van der Waals surface area contributed by atoms with Gasteiger partial charge < -0.3 is 10.6 Å². The lowest BCUT2D eigenvalue weighted by Gasteiger charge is -2.20. The predicted molar refractivity (Wildman–Crippen MR) is 69.4 cm³/mol. The zero-order valence-electron chi connectivity index (χ0n) is 11.5. The zero-order valence-corrected chi connectivity index (χ0v) is 11.5. The topological polar surface area (TPSA) is 41.1 Å². The molecule has 3 heteroatoms. The second kappa shape index (κ2) is 8.57. The van der Waals surface area contributed by atoms with Gasteiger partial charge in [-0.2, -0.15) is 0 Å². The van der Waals surface area contributed by atoms with Crippen LogP contribution in [0.5, 0.6) is 0 Å². The van der Waals surface area contributed by atoms with Gasteiger partial charge in [0, 0.05) is 12.1 Å². The van der Waals surface area contributed by atoms with E-state index in [1.54, 1.807) is 0 Å². The highest BCUT2D eigenvalue weighted by atomic mass is 16.1. The van der Waals surface area contributed by atoms with Crippen molar-refractivity contribution in [1.82, 2.24) is 10.6 Å². The average Bonchev–Trinajstić information content (AvgIpc) is 2.23. The molecule has 0 radical (unpaired) electrons. The van der Waals surface area contributed by atoms with Crippen molar-refractivity contribution in [2.75, 3.05) is 6.54 Å². The smallest absolute Gasteiger partial charge is 0.234 e. The first kappa shape index (κ1) is 15.4. The number of hydrogen-bond acceptors (Lipinski definition) is 2. The van der Waals surface area contributed by atoms with Gasteiger partial charge in [0.25, 0.3) is 0 Å². The maximum atomic E-state index is 11.6. The number of rotatable bonds is 8. The fourth-order valence-corrected chi connectivity index (χ4v) is 1.51. The van der Waals surface area contributed by atoms with Gasteiger partial charge in [-0.3, -0.25) is 4.79 Å². The molecule has 0 aromatic rings. The van der Waals surface area contributed by atoms with E-state index in [2.05, 4.69) is 38.3 Å². The fraction of sp³-hybridized carbons (Fsp3) is 0.923. The summed E-state index contributed by atoms with van der Waals surface area (Å²) < 4.78 is 0. The van der Waals surface area contributed by atoms with Gasteiger partial charge in [0.2, 0.25) is 5.91 Å². The first-order valence-corrected chi connectivity index (χ1v) is 6.53. The molecule has 0 fully saturated rings. The molecule has 0 aromatic carbocycles. The molecule has 0 spiro atoms. The molecule has 2 unspecified atom stereocenters. The Kier molecular flexibility index (Phi) is 8.26. The molecule has 0 rings (SSSR count). The largest absolute Gasteiger partial charge is 0.352 e. The molecule has 96 valence electrons. The Morgan fingerprint density at radius 1 is 1.19 bits per heavy atom. The highest BCUT2D eigenvalue weighted by molar-refractivity contribution is 5.78. The molecule has 3 nitrogen and oxygen atoms in total. The predicted octanol–water partition coefficient (Wildman–Crippen LogP) is 2.32. The van der Waals surface area contributed by atoms with Crippen LogP contribution in [-0.2, 0) is 4.79 Å². The van der Waals surface area contributed by atoms with Crippen LogP contribution >= 0.6 is 0 Å². The van der Waals surface area contributed by atoms with Gasteiger partial charge in [0.15, 0.2) is 0 Å². The molecule has 0 aliphatic carbocycles. The van der Waals surface area contributed by atoms with Gasteiger partial charge in [-0.15, -0.1) is 0 Å². The normalized spacial score (nSPS) is 14.9. The SMILES string of the molecule is CCCC(CC)NCC(=O)NC(C)C(C)C. The lowest BCUT2D eigenvalue weighted by molar-refractivity contribution is -0.121. The third-order valence-electron chi connectivity index (χ3n) is 3.07. The lowest BCUT2D eigenvalue weighted by Crippen LogP contribution is -2.43. The van der Waals surface area contributed by atoms with Crippen LogP contribution in [0.2, 0.25) is 0 Å². The summed E-state index contributed by atoms with van der Waals surface area (Å²) in [5.41, 5.74) is 0. The van der Waals surface area contributed by atoms with Crippen LogP contribution < -0.4 is 10.6 Å². The Morgan fingerprint density at radius 3 is 2.25 bits per heavy atom. The molecule has 2 N–H and O–H groups in total. The Hall–Kier alpha value is -0.570. The van der Waals surface area contributed by atoms with E-state index in [-0.39, 0.29) is 11.9 Å². The third-order valence-corrected chi connectivity index (χ3v) is 3.07. The van der Waals surface area contributed by atoms with E-state index >= 15 is 0 Å². The van der Waals surface area contributed by atoms with Crippen LogP contribution in [0.1, 0.15) is 53.9 Å². The average molecular weight is 228 g/mol. The Labute approximate surface area is 100 Å². The zero-order chi connectivity index (χ0) is 12.6. The molecule has 1 amide bonds. The van der Waals surface area contributed by atoms with Crippen molar-refractivity contribution >= 4 is 5.91 Å². The van der Waals surface area contributed by atoms with Crippen molar-refractivity contribution in [3.8, 4) is 0 Å². The van der Waals surface area contributed by atoms with Crippen LogP contribution in [0.3, 0.4) is 0 Å². The van der Waals surface area contributed by atoms with Gasteiger partial charge in [-0.1, -0.05) is 34.1 Å². The quantitative estimate of drug-likeness (QED) is 0.669. The van der Waals surface area contributed by atoms with Crippen molar-refractivity contribution in [3.05, 3.63) is 0 Å². The Bertz CT molecular complexity index is 192. The van der Waals surface area contributed by atoms with E-state index in [9.17, 15) is 4.79 Å². The standard InChI is InChI=1S/C13H28N2O/c1-6-8-12(7-2)14-9-13(16)15-11(5)10(3)4/h10-12,14H,6-9H2,1-5H3,(H,15,16). The van der Waals surface area contributed by atoms with Gasteiger partial charge in [0.1, 0.15) is 0 Å². The van der Waals surface area contributed by atoms with E-state index in [0.29, 0.717) is 18.5 Å². The summed E-state index contributed by atoms with van der Waals surface area (Å²) in [6, 6.07) is 0.727. The van der Waals surface area contributed by atoms with Crippen molar-refractivity contribution in [2.24, 2.45) is 5.92 Å². The first-order chi connectivity index (χ1) is 7.51. The highest BCUT2D eigenvalue weighted by Gasteiger charge is 2.11. The minimum absolute atomic E-state index is 0.107. The molecular weight excluding hydrogens is 200 g/mol. The van der Waals surface area contributed by atoms with E-state index in [4.69, 9.17) is 0 Å². The van der Waals surface area contributed by atoms with Crippen LogP contribution in [-0.4, -0.2) is 24.5 Å². The molecule has 0 saturated heterocycles. The van der Waals surface area contributed by atoms with Crippen LogP contribution in [0.4, 0.5) is 0 Å². The summed E-state index contributed by atoms with van der Waals surface area (Å²) in [6.45, 7) is 11.0. The van der Waals surface area contributed by atoms with Gasteiger partial charge >= 0.3 is 0 Å². The van der Waals surface area contributed by atoms with Crippen molar-refractivity contribution < 1.29 is 4.79 Å². The summed E-state index contributed by atoms with van der Waals surface area (Å²) in [7, 11) is 0. The maximum absolute atomic E-state index is 11.6. The molecule has 0 aliphatic rings. The van der Waals surface area contributed by atoms with Crippen LogP contribution in [0.25, 0.3) is 0 Å². The minimum Gasteiger partial charge on any atom is -0.352 e. The number of amides is 1. The molecule has 2 atom stereocenters. The second-order valence-corrected chi connectivity index (χ2v) is 4.87. The summed E-state index contributed by atoms with van der Waals surface area (Å²) in [4.78, 5) is 11.6. The summed E-state index contributed by atoms with van der Waals surface area (Å²) >= 11 is 0. The van der Waals surface area contributed by atoms with E-state index in [0.717, 1.165) is 19.3 Å². The fourth-order valence-electron chi connectivity index (χ4n) is 1.51. The Morgan fingerprint density at radius 2 is 1.81 bits per heavy atom. The van der Waals surface area contributed by atoms with Gasteiger partial charge in [0.05, 0.1) is 6.54 Å². The van der Waals surface area contributed by atoms with E-state index in [1.165, 1.54) is 0 Å². The molecule has 0 heterocycles. The number of carbonyl (C=O) groups is 1. The van der Waals surface area contributed by atoms with Crippen LogP contribution in [0.15, 0.2) is 0 Å². The molecule has 0 saturated carbocycles. The molecular formula is C13H28N2O. The third kappa shape index (κ3) is 6.83. The van der Waals surface area contributed by atoms with E-state index in [1.807, 2.05) is 6.92 Å². The van der Waals surface area contributed by atoms with Gasteiger partial charge in [-0.05, 0) is 25.7 Å². The number of hydrogen-bond donors (Lipinski definition) is 2. The molecule has 0 aliphatic heterocycles. The minimum atomic E-state index is 0.107. The number of nitrogens with one attached hydrogen (secondary N) is 2. The second-order valence-electron chi connectivity index (χ2n) is 4.87. The molecule has 0 aromatic heterocycles. The van der Waals surface area contributed by atoms with Crippen LogP contribution in [0, 0.1) is 5.92 Å². The first-order valence-electron chi connectivity index (χ1n) is 6.53. The molecule has 0 bridgehead atoms. The highest BCUT2D eigenvalue weighted by Crippen LogP contribution is 2.01. The van der Waals surface area contributed by atoms with Gasteiger partial charge in [-0.25, -0.2) is 0 Å². The maximum Gasteiger partial charge on any atom is 0.234 e. The van der Waals surface area contributed by atoms with E-state index < -0.39 is 0 Å². The summed E-state index contributed by atoms with van der Waals surface area (Å²) in [6.07, 6.45) is 3.39. The number of carbonyl (C=O) groups excluding carboxylic acids is 1. The Balaban J connectivity index is 3.79. The monoisotopic (exact) mass is 228 g/mol. The summed E-state index contributed by atoms with van der Waals surface area (Å²) in [5.74, 6) is 0.595. The van der Waals surface area contributed by atoms with Crippen molar-refractivity contribution in [1.29, 1.82) is 0 Å². The summed E-state index contributed by atoms with van der Waals surface area (Å²) in [5, 5.41) is 6.30. The van der Waals surface area contributed by atoms with Crippen molar-refractivity contribution in [2.45, 2.75) is 66.0 Å². The van der Waals surface area contributed by atoms with Crippen molar-refractivity contribution in [3.63, 3.8) is 0 Å². The lowest BCUT2D eigenvalue weighted by atomic mass is 10.1.